The predicted molar refractivity (Wildman–Crippen MR) is 82.3 cm³/mol. The molecule has 0 aliphatic heterocycles. The average Bonchev–Trinajstić information content (AvgIpc) is 2.98. The molecule has 0 bridgehead atoms. The van der Waals surface area contributed by atoms with Crippen molar-refractivity contribution in [1.29, 1.82) is 0 Å². The number of nitrogens with two attached hydrogens (primary N) is 1. The van der Waals surface area contributed by atoms with Crippen molar-refractivity contribution in [1.82, 2.24) is 24.7 Å². The first-order chi connectivity index (χ1) is 10.8. The number of aromatic nitrogens is 5. The van der Waals surface area contributed by atoms with Gasteiger partial charge in [-0.05, 0) is 12.1 Å². The van der Waals surface area contributed by atoms with Crippen LogP contribution in [0.15, 0.2) is 54.1 Å². The number of rotatable bonds is 5. The first kappa shape index (κ1) is 14.2. The van der Waals surface area contributed by atoms with Gasteiger partial charge < -0.3 is 5.73 Å². The third-order valence-corrected chi connectivity index (χ3v) is 3.73. The molecule has 0 unspecified atom stereocenters. The fourth-order valence-electron chi connectivity index (χ4n) is 1.89. The summed E-state index contributed by atoms with van der Waals surface area (Å²) in [5.74, 6) is 0.283. The first-order valence-electron chi connectivity index (χ1n) is 6.44. The summed E-state index contributed by atoms with van der Waals surface area (Å²) >= 11 is 1.23. The Labute approximate surface area is 130 Å². The van der Waals surface area contributed by atoms with Gasteiger partial charge in [0.25, 0.3) is 0 Å². The van der Waals surface area contributed by atoms with Crippen LogP contribution in [0.3, 0.4) is 0 Å². The summed E-state index contributed by atoms with van der Waals surface area (Å²) in [5, 5.41) is 8.89. The van der Waals surface area contributed by atoms with Crippen LogP contribution in [-0.4, -0.2) is 36.4 Å². The lowest BCUT2D eigenvalue weighted by Gasteiger charge is -2.09. The monoisotopic (exact) mass is 312 g/mol. The molecule has 3 rings (SSSR count). The number of para-hydroxylation sites is 1. The van der Waals surface area contributed by atoms with E-state index in [0.29, 0.717) is 16.7 Å². The molecule has 0 atom stereocenters. The van der Waals surface area contributed by atoms with Crippen molar-refractivity contribution < 1.29 is 4.79 Å². The second-order valence-corrected chi connectivity index (χ2v) is 5.27. The molecule has 7 nitrogen and oxygen atoms in total. The van der Waals surface area contributed by atoms with Crippen molar-refractivity contribution in [2.24, 2.45) is 5.73 Å². The number of benzene rings is 1. The summed E-state index contributed by atoms with van der Waals surface area (Å²) in [6.07, 6.45) is 4.80. The van der Waals surface area contributed by atoms with Gasteiger partial charge in [-0.3, -0.25) is 14.3 Å². The van der Waals surface area contributed by atoms with Crippen LogP contribution in [0.4, 0.5) is 0 Å². The largest absolute Gasteiger partial charge is 0.369 e. The standard InChI is InChI=1S/C14H12N6OS/c15-12(21)9-22-14-19-18-13(11-8-16-6-7-17-11)20(14)10-4-2-1-3-5-10/h1-8H,9H2,(H2,15,21). The molecule has 2 heterocycles. The zero-order chi connectivity index (χ0) is 15.4. The molecule has 1 amide bonds. The van der Waals surface area contributed by atoms with Crippen LogP contribution in [0.2, 0.25) is 0 Å². The number of carbonyl (C=O) groups excluding carboxylic acids is 1. The van der Waals surface area contributed by atoms with Gasteiger partial charge in [0.1, 0.15) is 5.69 Å². The van der Waals surface area contributed by atoms with Gasteiger partial charge in [-0.15, -0.1) is 10.2 Å². The molecule has 110 valence electrons. The summed E-state index contributed by atoms with van der Waals surface area (Å²) in [5.41, 5.74) is 6.68. The van der Waals surface area contributed by atoms with Crippen LogP contribution in [-0.2, 0) is 4.79 Å². The average molecular weight is 312 g/mol. The highest BCUT2D eigenvalue weighted by Crippen LogP contribution is 2.26. The van der Waals surface area contributed by atoms with Gasteiger partial charge in [-0.25, -0.2) is 4.98 Å². The lowest BCUT2D eigenvalue weighted by atomic mass is 10.3. The molecule has 0 radical (unpaired) electrons. The van der Waals surface area contributed by atoms with E-state index >= 15 is 0 Å². The van der Waals surface area contributed by atoms with Crippen molar-refractivity contribution in [2.75, 3.05) is 5.75 Å². The van der Waals surface area contributed by atoms with E-state index in [-0.39, 0.29) is 5.75 Å². The molecule has 0 saturated carbocycles. The number of thioether (sulfide) groups is 1. The highest BCUT2D eigenvalue weighted by atomic mass is 32.2. The second kappa shape index (κ2) is 6.35. The van der Waals surface area contributed by atoms with E-state index in [2.05, 4.69) is 20.2 Å². The predicted octanol–water partition coefficient (Wildman–Crippen LogP) is 1.30. The molecule has 8 heteroatoms. The topological polar surface area (TPSA) is 99.6 Å². The third-order valence-electron chi connectivity index (χ3n) is 2.78. The smallest absolute Gasteiger partial charge is 0.227 e. The van der Waals surface area contributed by atoms with E-state index in [4.69, 9.17) is 5.73 Å². The number of hydrogen-bond acceptors (Lipinski definition) is 6. The molecular weight excluding hydrogens is 300 g/mol. The van der Waals surface area contributed by atoms with E-state index in [1.165, 1.54) is 11.8 Å². The Morgan fingerprint density at radius 2 is 2.00 bits per heavy atom. The van der Waals surface area contributed by atoms with Crippen molar-refractivity contribution >= 4 is 17.7 Å². The molecule has 2 aromatic heterocycles. The van der Waals surface area contributed by atoms with Crippen LogP contribution < -0.4 is 5.73 Å². The van der Waals surface area contributed by atoms with Crippen LogP contribution in [0.1, 0.15) is 0 Å². The number of hydrogen-bond donors (Lipinski definition) is 1. The molecule has 0 spiro atoms. The lowest BCUT2D eigenvalue weighted by Crippen LogP contribution is -2.13. The van der Waals surface area contributed by atoms with Gasteiger partial charge in [-0.1, -0.05) is 30.0 Å². The number of nitrogens with zero attached hydrogens (tertiary/aromatic N) is 5. The molecule has 1 aromatic carbocycles. The Hall–Kier alpha value is -2.74. The minimum Gasteiger partial charge on any atom is -0.369 e. The zero-order valence-corrected chi connectivity index (χ0v) is 12.3. The lowest BCUT2D eigenvalue weighted by molar-refractivity contribution is -0.115. The summed E-state index contributed by atoms with van der Waals surface area (Å²) in [6, 6.07) is 9.61. The second-order valence-electron chi connectivity index (χ2n) is 4.32. The van der Waals surface area contributed by atoms with Gasteiger partial charge in [-0.2, -0.15) is 0 Å². The Balaban J connectivity index is 2.09. The van der Waals surface area contributed by atoms with E-state index in [0.717, 1.165) is 5.69 Å². The Morgan fingerprint density at radius 1 is 1.18 bits per heavy atom. The summed E-state index contributed by atoms with van der Waals surface area (Å²) in [6.45, 7) is 0. The Kier molecular flexibility index (Phi) is 4.10. The van der Waals surface area contributed by atoms with Crippen molar-refractivity contribution in [2.45, 2.75) is 5.16 Å². The van der Waals surface area contributed by atoms with Crippen LogP contribution in [0.5, 0.6) is 0 Å². The maximum absolute atomic E-state index is 11.0. The third kappa shape index (κ3) is 2.96. The number of carbonyl (C=O) groups is 1. The minimum atomic E-state index is -0.409. The maximum atomic E-state index is 11.0. The van der Waals surface area contributed by atoms with E-state index in [9.17, 15) is 4.79 Å². The van der Waals surface area contributed by atoms with Gasteiger partial charge in [0.15, 0.2) is 11.0 Å². The highest BCUT2D eigenvalue weighted by Gasteiger charge is 2.17. The van der Waals surface area contributed by atoms with Crippen molar-refractivity contribution in [3.8, 4) is 17.2 Å². The van der Waals surface area contributed by atoms with Crippen molar-refractivity contribution in [3.63, 3.8) is 0 Å². The molecule has 22 heavy (non-hydrogen) atoms. The molecule has 0 aliphatic rings. The minimum absolute atomic E-state index is 0.130. The summed E-state index contributed by atoms with van der Waals surface area (Å²) < 4.78 is 1.83. The van der Waals surface area contributed by atoms with Gasteiger partial charge in [0.05, 0.1) is 11.9 Å². The maximum Gasteiger partial charge on any atom is 0.227 e. The van der Waals surface area contributed by atoms with E-state index in [1.54, 1.807) is 18.6 Å². The molecule has 3 aromatic rings. The van der Waals surface area contributed by atoms with Gasteiger partial charge >= 0.3 is 0 Å². The quantitative estimate of drug-likeness (QED) is 0.713. The van der Waals surface area contributed by atoms with Gasteiger partial charge in [0.2, 0.25) is 5.91 Å². The number of primary amides is 1. The van der Waals surface area contributed by atoms with Crippen LogP contribution >= 0.6 is 11.8 Å². The van der Waals surface area contributed by atoms with Crippen LogP contribution in [0.25, 0.3) is 17.2 Å². The Bertz CT molecular complexity index is 775. The first-order valence-corrected chi connectivity index (χ1v) is 7.42. The fraction of sp³-hybridized carbons (Fsp3) is 0.0714. The fourth-order valence-corrected chi connectivity index (χ4v) is 2.58. The molecular formula is C14H12N6OS. The summed E-state index contributed by atoms with van der Waals surface area (Å²) in [7, 11) is 0. The zero-order valence-electron chi connectivity index (χ0n) is 11.5. The molecule has 0 saturated heterocycles. The summed E-state index contributed by atoms with van der Waals surface area (Å²) in [4.78, 5) is 19.3. The SMILES string of the molecule is NC(=O)CSc1nnc(-c2cnccn2)n1-c1ccccc1. The normalized spacial score (nSPS) is 10.5. The van der Waals surface area contributed by atoms with Gasteiger partial charge in [0, 0.05) is 18.1 Å². The highest BCUT2D eigenvalue weighted by molar-refractivity contribution is 7.99. The van der Waals surface area contributed by atoms with Crippen LogP contribution in [0, 0.1) is 0 Å². The Morgan fingerprint density at radius 3 is 2.68 bits per heavy atom. The molecule has 2 N–H and O–H groups in total. The van der Waals surface area contributed by atoms with Crippen molar-refractivity contribution in [3.05, 3.63) is 48.9 Å². The number of amides is 1. The molecule has 0 aliphatic carbocycles. The van der Waals surface area contributed by atoms with E-state index < -0.39 is 5.91 Å². The molecule has 0 fully saturated rings. The van der Waals surface area contributed by atoms with E-state index in [1.807, 2.05) is 34.9 Å².